The Morgan fingerprint density at radius 1 is 0.667 bits per heavy atom. The predicted molar refractivity (Wildman–Crippen MR) is 116 cm³/mol. The molecular weight excluding hydrogens is 464 g/mol. The molecule has 0 aliphatic carbocycles. The second-order valence-corrected chi connectivity index (χ2v) is 5.85. The Hall–Kier alpha value is -3.08. The molecule has 11 heteroatoms. The molecule has 2 rings (SSSR count). The summed E-state index contributed by atoms with van der Waals surface area (Å²) in [6, 6.07) is 5.93. The molecule has 0 unspecified atom stereocenters. The van der Waals surface area contributed by atoms with E-state index in [2.05, 4.69) is 0 Å². The third kappa shape index (κ3) is 9.52. The third-order valence-electron chi connectivity index (χ3n) is 3.83. The van der Waals surface area contributed by atoms with E-state index in [0.717, 1.165) is 12.2 Å². The number of carboxylic acid groups (broad SMARTS) is 2. The van der Waals surface area contributed by atoms with Crippen LogP contribution in [-0.4, -0.2) is 88.3 Å². The van der Waals surface area contributed by atoms with Gasteiger partial charge in [-0.3, -0.25) is 0 Å². The molecule has 0 saturated carbocycles. The zero-order valence-electron chi connectivity index (χ0n) is 18.5. The number of hydrogen-bond donors (Lipinski definition) is 2. The van der Waals surface area contributed by atoms with E-state index in [1.807, 2.05) is 0 Å². The number of carbonyl (C=O) groups is 2. The van der Waals surface area contributed by atoms with Crippen LogP contribution >= 0.6 is 0 Å². The van der Waals surface area contributed by atoms with Crippen molar-refractivity contribution < 1.29 is 49.0 Å². The molecule has 2 N–H and O–H groups in total. The molecular formula is C22H22CaO10. The summed E-state index contributed by atoms with van der Waals surface area (Å²) in [7, 11) is 5.56. The van der Waals surface area contributed by atoms with E-state index in [9.17, 15) is 30.0 Å². The second-order valence-electron chi connectivity index (χ2n) is 5.85. The van der Waals surface area contributed by atoms with Crippen LogP contribution in [0.15, 0.2) is 36.4 Å². The number of hydrogen-bond acceptors (Lipinski definition) is 10. The van der Waals surface area contributed by atoms with Gasteiger partial charge in [-0.25, -0.2) is 0 Å². The first kappa shape index (κ1) is 29.9. The number of methoxy groups -OCH3 is 4. The van der Waals surface area contributed by atoms with Gasteiger partial charge in [0.1, 0.15) is 0 Å². The topological polar surface area (TPSA) is 158 Å². The van der Waals surface area contributed by atoms with E-state index < -0.39 is 11.9 Å². The maximum absolute atomic E-state index is 10.2. The molecule has 0 saturated heterocycles. The van der Waals surface area contributed by atoms with Crippen molar-refractivity contribution in [1.82, 2.24) is 0 Å². The van der Waals surface area contributed by atoms with Gasteiger partial charge in [-0.05, 0) is 47.5 Å². The standard InChI is InChI=1S/2C11H12O5.Ca/c2*1-15-8-5-7(3-4-10(12)13)6-9(16-2)11(8)14;/h2*3-6,14H,1-2H3,(H,12,13);/q;;+2/p-2/b2*4-3+;. The first-order valence-corrected chi connectivity index (χ1v) is 8.84. The molecule has 0 amide bonds. The van der Waals surface area contributed by atoms with Crippen LogP contribution in [-0.2, 0) is 9.59 Å². The maximum Gasteiger partial charge on any atom is 2.00 e. The van der Waals surface area contributed by atoms with Crippen LogP contribution in [0.2, 0.25) is 0 Å². The van der Waals surface area contributed by atoms with Crippen molar-refractivity contribution in [3.8, 4) is 34.5 Å². The Labute approximate surface area is 220 Å². The summed E-state index contributed by atoms with van der Waals surface area (Å²) in [6.45, 7) is 0. The molecule has 0 radical (unpaired) electrons. The minimum atomic E-state index is -1.30. The molecule has 0 aromatic heterocycles. The SMILES string of the molecule is COc1cc(/C=C/C(=O)[O-])cc(OC)c1O.COc1cc(/C=C/C(=O)[O-])cc(OC)c1O.[Ca+2]. The minimum absolute atomic E-state index is 0. The van der Waals surface area contributed by atoms with Gasteiger partial charge in [0.2, 0.25) is 11.5 Å². The summed E-state index contributed by atoms with van der Waals surface area (Å²) < 4.78 is 19.6. The van der Waals surface area contributed by atoms with Gasteiger partial charge in [-0.1, -0.05) is 12.2 Å². The number of phenolic OH excluding ortho intramolecular Hbond substituents is 2. The quantitative estimate of drug-likeness (QED) is 0.383. The second kappa shape index (κ2) is 14.9. The average Bonchev–Trinajstić information content (AvgIpc) is 2.77. The molecule has 2 aromatic carbocycles. The summed E-state index contributed by atoms with van der Waals surface area (Å²) in [5.74, 6) is -2.03. The first-order valence-electron chi connectivity index (χ1n) is 8.84. The van der Waals surface area contributed by atoms with E-state index in [-0.39, 0.29) is 72.2 Å². The summed E-state index contributed by atoms with van der Waals surface area (Å²) in [5.41, 5.74) is 1.05. The Morgan fingerprint density at radius 3 is 1.09 bits per heavy atom. The van der Waals surface area contributed by atoms with Crippen molar-refractivity contribution >= 4 is 61.8 Å². The Balaban J connectivity index is 0.000000602. The summed E-state index contributed by atoms with van der Waals surface area (Å²) in [6.07, 6.45) is 4.40. The Morgan fingerprint density at radius 2 is 0.909 bits per heavy atom. The number of ether oxygens (including phenoxy) is 4. The van der Waals surface area contributed by atoms with Crippen LogP contribution in [0.5, 0.6) is 34.5 Å². The third-order valence-corrected chi connectivity index (χ3v) is 3.83. The first-order chi connectivity index (χ1) is 15.2. The summed E-state index contributed by atoms with van der Waals surface area (Å²) >= 11 is 0. The largest absolute Gasteiger partial charge is 2.00 e. The number of carboxylic acids is 2. The Bertz CT molecular complexity index is 883. The molecule has 33 heavy (non-hydrogen) atoms. The fourth-order valence-corrected chi connectivity index (χ4v) is 2.35. The van der Waals surface area contributed by atoms with E-state index in [1.54, 1.807) is 0 Å². The fourth-order valence-electron chi connectivity index (χ4n) is 2.35. The van der Waals surface area contributed by atoms with Crippen molar-refractivity contribution in [1.29, 1.82) is 0 Å². The number of phenols is 2. The molecule has 172 valence electrons. The van der Waals surface area contributed by atoms with Crippen molar-refractivity contribution in [3.63, 3.8) is 0 Å². The summed E-state index contributed by atoms with van der Waals surface area (Å²) in [5, 5.41) is 39.7. The number of rotatable bonds is 8. The fraction of sp³-hybridized carbons (Fsp3) is 0.182. The van der Waals surface area contributed by atoms with Crippen molar-refractivity contribution in [3.05, 3.63) is 47.5 Å². The molecule has 0 bridgehead atoms. The van der Waals surface area contributed by atoms with Crippen LogP contribution in [0.3, 0.4) is 0 Å². The molecule has 10 nitrogen and oxygen atoms in total. The molecule has 0 aliphatic heterocycles. The van der Waals surface area contributed by atoms with Crippen molar-refractivity contribution in [2.45, 2.75) is 0 Å². The number of aromatic hydroxyl groups is 2. The van der Waals surface area contributed by atoms with Crippen LogP contribution in [0.4, 0.5) is 0 Å². The van der Waals surface area contributed by atoms with Crippen LogP contribution in [0, 0.1) is 0 Å². The van der Waals surface area contributed by atoms with Gasteiger partial charge in [0.15, 0.2) is 23.0 Å². The monoisotopic (exact) mass is 486 g/mol. The smallest absolute Gasteiger partial charge is 0.545 e. The van der Waals surface area contributed by atoms with Gasteiger partial charge in [0, 0.05) is 0 Å². The van der Waals surface area contributed by atoms with Gasteiger partial charge in [0.05, 0.1) is 40.4 Å². The maximum atomic E-state index is 10.2. The van der Waals surface area contributed by atoms with Crippen LogP contribution < -0.4 is 29.2 Å². The van der Waals surface area contributed by atoms with Crippen molar-refractivity contribution in [2.75, 3.05) is 28.4 Å². The van der Waals surface area contributed by atoms with Gasteiger partial charge in [-0.15, -0.1) is 0 Å². The molecule has 0 spiro atoms. The molecule has 0 heterocycles. The minimum Gasteiger partial charge on any atom is -0.545 e. The number of aliphatic carboxylic acids is 2. The van der Waals surface area contributed by atoms with Crippen molar-refractivity contribution in [2.24, 2.45) is 0 Å². The molecule has 0 atom stereocenters. The van der Waals surface area contributed by atoms with Crippen LogP contribution in [0.1, 0.15) is 11.1 Å². The normalized spacial score (nSPS) is 10.1. The Kier molecular flexibility index (Phi) is 13.5. The van der Waals surface area contributed by atoms with Gasteiger partial charge in [-0.2, -0.15) is 0 Å². The molecule has 0 aliphatic rings. The van der Waals surface area contributed by atoms with E-state index in [0.29, 0.717) is 11.1 Å². The number of carbonyl (C=O) groups excluding carboxylic acids is 2. The van der Waals surface area contributed by atoms with E-state index in [4.69, 9.17) is 18.9 Å². The van der Waals surface area contributed by atoms with Gasteiger partial charge >= 0.3 is 37.7 Å². The molecule has 2 aromatic rings. The van der Waals surface area contributed by atoms with Gasteiger partial charge < -0.3 is 49.0 Å². The summed E-state index contributed by atoms with van der Waals surface area (Å²) in [4.78, 5) is 20.5. The zero-order valence-corrected chi connectivity index (χ0v) is 20.7. The van der Waals surface area contributed by atoms with E-state index >= 15 is 0 Å². The molecule has 0 fully saturated rings. The zero-order chi connectivity index (χ0) is 24.3. The predicted octanol–water partition coefficient (Wildman–Crippen LogP) is -0.0358. The average molecular weight is 486 g/mol. The van der Waals surface area contributed by atoms with Gasteiger partial charge in [0.25, 0.3) is 0 Å². The van der Waals surface area contributed by atoms with E-state index in [1.165, 1.54) is 64.9 Å². The van der Waals surface area contributed by atoms with Crippen LogP contribution in [0.25, 0.3) is 12.2 Å². The number of benzene rings is 2.